The zero-order valence-electron chi connectivity index (χ0n) is 16.9. The van der Waals surface area contributed by atoms with Gasteiger partial charge in [0.2, 0.25) is 17.7 Å². The van der Waals surface area contributed by atoms with Gasteiger partial charge in [-0.25, -0.2) is 0 Å². The van der Waals surface area contributed by atoms with E-state index in [-0.39, 0.29) is 17.7 Å². The molecule has 1 aromatic carbocycles. The number of benzene rings is 1. The van der Waals surface area contributed by atoms with E-state index < -0.39 is 23.5 Å². The van der Waals surface area contributed by atoms with Crippen LogP contribution in [-0.4, -0.2) is 41.0 Å². The third kappa shape index (κ3) is 3.29. The number of hydrogen-bond acceptors (Lipinski definition) is 5. The number of rotatable bonds is 5. The Balaban J connectivity index is 1.34. The van der Waals surface area contributed by atoms with Crippen LogP contribution in [0.5, 0.6) is 0 Å². The average molecular weight is 418 g/mol. The second-order valence-corrected chi connectivity index (χ2v) is 8.13. The first-order valence-electron chi connectivity index (χ1n) is 10.2. The van der Waals surface area contributed by atoms with E-state index in [1.807, 2.05) is 24.3 Å². The number of carbonyl (C=O) groups excluding carboxylic acids is 3. The predicted octanol–water partition coefficient (Wildman–Crippen LogP) is 1.64. The highest BCUT2D eigenvalue weighted by Crippen LogP contribution is 2.52. The molecule has 3 aliphatic rings. The van der Waals surface area contributed by atoms with Crippen LogP contribution in [0.2, 0.25) is 0 Å². The quantitative estimate of drug-likeness (QED) is 0.719. The molecule has 0 aliphatic carbocycles. The maximum atomic E-state index is 13.4. The number of nitrogens with one attached hydrogen (secondary N) is 2. The molecule has 3 aliphatic heterocycles. The highest BCUT2D eigenvalue weighted by atomic mass is 16.5. The van der Waals surface area contributed by atoms with Crippen molar-refractivity contribution in [1.82, 2.24) is 10.3 Å². The summed E-state index contributed by atoms with van der Waals surface area (Å²) in [6.07, 6.45) is 6.80. The average Bonchev–Trinajstić information content (AvgIpc) is 3.41. The Morgan fingerprint density at radius 2 is 2.06 bits per heavy atom. The number of aromatic nitrogens is 1. The topological polar surface area (TPSA) is 101 Å². The van der Waals surface area contributed by atoms with Gasteiger partial charge in [-0.05, 0) is 35.9 Å². The normalized spacial score (nSPS) is 28.0. The Morgan fingerprint density at radius 1 is 1.26 bits per heavy atom. The van der Waals surface area contributed by atoms with Crippen LogP contribution in [0.3, 0.4) is 0 Å². The summed E-state index contributed by atoms with van der Waals surface area (Å²) in [5.41, 5.74) is 1.47. The third-order valence-corrected chi connectivity index (χ3v) is 6.09. The number of nitrogens with zero attached hydrogens (tertiary/aromatic N) is 2. The van der Waals surface area contributed by atoms with Crippen molar-refractivity contribution in [3.05, 3.63) is 66.5 Å². The van der Waals surface area contributed by atoms with Crippen molar-refractivity contribution >= 4 is 29.1 Å². The summed E-state index contributed by atoms with van der Waals surface area (Å²) in [6, 6.07) is 10.8. The zero-order valence-corrected chi connectivity index (χ0v) is 16.9. The largest absolute Gasteiger partial charge is 0.360 e. The van der Waals surface area contributed by atoms with Crippen molar-refractivity contribution in [2.45, 2.75) is 25.2 Å². The maximum absolute atomic E-state index is 13.4. The molecule has 8 nitrogen and oxygen atoms in total. The molecule has 2 aromatic rings. The van der Waals surface area contributed by atoms with Crippen molar-refractivity contribution in [2.24, 2.45) is 11.8 Å². The number of ether oxygens (including phenoxy) is 1. The SMILES string of the molecule is CC(=O)Nc1ccc(N2C[C@@]34C=CC(O3)C(C(=O)NCc3cccnc3)C4C2=O)cc1. The van der Waals surface area contributed by atoms with Gasteiger partial charge >= 0.3 is 0 Å². The van der Waals surface area contributed by atoms with Crippen LogP contribution in [0.4, 0.5) is 11.4 Å². The van der Waals surface area contributed by atoms with Gasteiger partial charge in [-0.2, -0.15) is 0 Å². The van der Waals surface area contributed by atoms with Crippen LogP contribution >= 0.6 is 0 Å². The summed E-state index contributed by atoms with van der Waals surface area (Å²) >= 11 is 0. The number of amides is 3. The Bertz CT molecular complexity index is 1070. The number of carbonyl (C=O) groups is 3. The second kappa shape index (κ2) is 7.31. The standard InChI is InChI=1S/C23H22N4O4/c1-14(28)26-16-4-6-17(7-5-16)27-13-23-9-8-18(31-23)19(20(23)22(27)30)21(29)25-12-15-3-2-10-24-11-15/h2-11,18-20H,12-13H2,1H3,(H,25,29)(H,26,28)/t18?,19?,20?,23-/m1/s1. The fourth-order valence-electron chi connectivity index (χ4n) is 4.75. The molecule has 1 aromatic heterocycles. The van der Waals surface area contributed by atoms with E-state index >= 15 is 0 Å². The lowest BCUT2D eigenvalue weighted by atomic mass is 9.77. The Kier molecular flexibility index (Phi) is 4.59. The third-order valence-electron chi connectivity index (χ3n) is 6.09. The molecule has 4 atom stereocenters. The minimum Gasteiger partial charge on any atom is -0.360 e. The van der Waals surface area contributed by atoms with Crippen LogP contribution in [0.15, 0.2) is 60.9 Å². The van der Waals surface area contributed by atoms with Gasteiger partial charge in [0.25, 0.3) is 0 Å². The Morgan fingerprint density at radius 3 is 2.77 bits per heavy atom. The lowest BCUT2D eigenvalue weighted by Crippen LogP contribution is -2.44. The first-order valence-corrected chi connectivity index (χ1v) is 10.2. The highest BCUT2D eigenvalue weighted by Gasteiger charge is 2.67. The fraction of sp³-hybridized carbons (Fsp3) is 0.304. The second-order valence-electron chi connectivity index (χ2n) is 8.13. The van der Waals surface area contributed by atoms with E-state index in [9.17, 15) is 14.4 Å². The molecule has 31 heavy (non-hydrogen) atoms. The van der Waals surface area contributed by atoms with Crippen LogP contribution in [-0.2, 0) is 25.7 Å². The first-order chi connectivity index (χ1) is 15.0. The van der Waals surface area contributed by atoms with Crippen LogP contribution in [0, 0.1) is 11.8 Å². The van der Waals surface area contributed by atoms with E-state index in [0.717, 1.165) is 5.56 Å². The number of hydrogen-bond donors (Lipinski definition) is 2. The molecule has 0 radical (unpaired) electrons. The summed E-state index contributed by atoms with van der Waals surface area (Å²) in [6.45, 7) is 2.15. The van der Waals surface area contributed by atoms with E-state index in [1.165, 1.54) is 6.92 Å². The summed E-state index contributed by atoms with van der Waals surface area (Å²) < 4.78 is 6.16. The molecule has 4 heterocycles. The molecular weight excluding hydrogens is 396 g/mol. The van der Waals surface area contributed by atoms with E-state index in [0.29, 0.717) is 24.5 Å². The lowest BCUT2D eigenvalue weighted by molar-refractivity contribution is -0.132. The van der Waals surface area contributed by atoms with Crippen LogP contribution in [0.1, 0.15) is 12.5 Å². The zero-order chi connectivity index (χ0) is 21.6. The number of anilines is 2. The van der Waals surface area contributed by atoms with Gasteiger partial charge in [0, 0.05) is 37.2 Å². The summed E-state index contributed by atoms with van der Waals surface area (Å²) in [5, 5.41) is 5.64. The van der Waals surface area contributed by atoms with Gasteiger partial charge in [-0.15, -0.1) is 0 Å². The molecule has 2 bridgehead atoms. The Hall–Kier alpha value is -3.52. The van der Waals surface area contributed by atoms with Crippen molar-refractivity contribution < 1.29 is 19.1 Å². The molecule has 3 unspecified atom stereocenters. The van der Waals surface area contributed by atoms with Gasteiger partial charge in [-0.3, -0.25) is 19.4 Å². The maximum Gasteiger partial charge on any atom is 0.234 e. The van der Waals surface area contributed by atoms with Crippen molar-refractivity contribution in [1.29, 1.82) is 0 Å². The summed E-state index contributed by atoms with van der Waals surface area (Å²) in [7, 11) is 0. The molecule has 2 saturated heterocycles. The van der Waals surface area contributed by atoms with Gasteiger partial charge in [0.05, 0.1) is 24.5 Å². The molecular formula is C23H22N4O4. The van der Waals surface area contributed by atoms with Crippen LogP contribution in [0.25, 0.3) is 0 Å². The summed E-state index contributed by atoms with van der Waals surface area (Å²) in [5.74, 6) is -1.61. The molecule has 1 spiro atoms. The van der Waals surface area contributed by atoms with E-state index in [1.54, 1.807) is 41.6 Å². The minimum absolute atomic E-state index is 0.124. The first kappa shape index (κ1) is 19.4. The molecule has 0 saturated carbocycles. The molecule has 2 fully saturated rings. The van der Waals surface area contributed by atoms with Gasteiger partial charge in [0.1, 0.15) is 5.60 Å². The van der Waals surface area contributed by atoms with E-state index in [4.69, 9.17) is 4.74 Å². The smallest absolute Gasteiger partial charge is 0.234 e. The predicted molar refractivity (Wildman–Crippen MR) is 113 cm³/mol. The van der Waals surface area contributed by atoms with Crippen molar-refractivity contribution in [2.75, 3.05) is 16.8 Å². The molecule has 8 heteroatoms. The van der Waals surface area contributed by atoms with E-state index in [2.05, 4.69) is 15.6 Å². The van der Waals surface area contributed by atoms with Crippen molar-refractivity contribution in [3.8, 4) is 0 Å². The molecule has 3 amide bonds. The van der Waals surface area contributed by atoms with Crippen molar-refractivity contribution in [3.63, 3.8) is 0 Å². The lowest BCUT2D eigenvalue weighted by Gasteiger charge is -2.23. The molecule has 2 N–H and O–H groups in total. The van der Waals surface area contributed by atoms with Gasteiger partial charge < -0.3 is 20.3 Å². The minimum atomic E-state index is -0.783. The number of pyridine rings is 1. The van der Waals surface area contributed by atoms with Crippen LogP contribution < -0.4 is 15.5 Å². The summed E-state index contributed by atoms with van der Waals surface area (Å²) in [4.78, 5) is 43.3. The molecule has 5 rings (SSSR count). The van der Waals surface area contributed by atoms with Gasteiger partial charge in [0.15, 0.2) is 0 Å². The monoisotopic (exact) mass is 418 g/mol. The highest BCUT2D eigenvalue weighted by molar-refractivity contribution is 6.03. The Labute approximate surface area is 179 Å². The number of fused-ring (bicyclic) bond motifs is 1. The van der Waals surface area contributed by atoms with Gasteiger partial charge in [-0.1, -0.05) is 18.2 Å². The molecule has 158 valence electrons. The fourth-order valence-corrected chi connectivity index (χ4v) is 4.75.